The van der Waals surface area contributed by atoms with Gasteiger partial charge in [-0.2, -0.15) is 4.31 Å². The van der Waals surface area contributed by atoms with Crippen LogP contribution < -0.4 is 14.8 Å². The van der Waals surface area contributed by atoms with Crippen LogP contribution in [0.5, 0.6) is 11.5 Å². The molecule has 2 aromatic rings. The standard InChI is InChI=1S/C34H47N3O10S/c1-22(2)31(39)35-14-13-34(3,4)20-36(48(42,43)24-10-11-29-30(17-24)47-21-46-29)18-28(38)26(16-23-8-6-5-7-9-23)37(33(40)41)27-19-45-32-25(27)12-15-44-32/h5-11,17,22,25-28,32,38H,12-16,18-21H2,1-4H3,(H,35,39)(H,40,41)/t25-,26-,27-,28+,32+/m0/s1. The van der Waals surface area contributed by atoms with E-state index < -0.39 is 52.6 Å². The maximum Gasteiger partial charge on any atom is 0.407 e. The van der Waals surface area contributed by atoms with Gasteiger partial charge in [0.05, 0.1) is 36.3 Å². The monoisotopic (exact) mass is 689 g/mol. The van der Waals surface area contributed by atoms with E-state index in [0.717, 1.165) is 5.56 Å². The minimum atomic E-state index is -4.25. The van der Waals surface area contributed by atoms with E-state index in [1.54, 1.807) is 13.8 Å². The molecule has 5 rings (SSSR count). The third-order valence-corrected chi connectivity index (χ3v) is 11.1. The summed E-state index contributed by atoms with van der Waals surface area (Å²) in [5.41, 5.74) is 0.139. The van der Waals surface area contributed by atoms with Crippen molar-refractivity contribution in [2.45, 2.75) is 76.3 Å². The second kappa shape index (κ2) is 15.0. The van der Waals surface area contributed by atoms with Crippen LogP contribution in [0.4, 0.5) is 4.79 Å². The number of aliphatic hydroxyl groups is 1. The van der Waals surface area contributed by atoms with E-state index in [2.05, 4.69) is 5.32 Å². The van der Waals surface area contributed by atoms with Gasteiger partial charge < -0.3 is 34.5 Å². The number of nitrogens with one attached hydrogen (secondary N) is 1. The lowest BCUT2D eigenvalue weighted by molar-refractivity contribution is -0.124. The van der Waals surface area contributed by atoms with Gasteiger partial charge in [-0.1, -0.05) is 58.0 Å². The van der Waals surface area contributed by atoms with Crippen LogP contribution >= 0.6 is 0 Å². The third-order valence-electron chi connectivity index (χ3n) is 9.28. The second-order valence-corrected chi connectivity index (χ2v) is 15.7. The molecule has 14 heteroatoms. The zero-order chi connectivity index (χ0) is 34.6. The first kappa shape index (κ1) is 35.9. The molecule has 264 valence electrons. The lowest BCUT2D eigenvalue weighted by Crippen LogP contribution is -2.58. The highest BCUT2D eigenvalue weighted by molar-refractivity contribution is 7.89. The zero-order valence-electron chi connectivity index (χ0n) is 27.9. The zero-order valence-corrected chi connectivity index (χ0v) is 28.7. The molecule has 2 fully saturated rings. The Labute approximate surface area is 282 Å². The van der Waals surface area contributed by atoms with E-state index in [-0.39, 0.29) is 49.0 Å². The highest BCUT2D eigenvalue weighted by Gasteiger charge is 2.49. The highest BCUT2D eigenvalue weighted by atomic mass is 32.2. The van der Waals surface area contributed by atoms with E-state index in [9.17, 15) is 28.2 Å². The minimum absolute atomic E-state index is 0.0193. The van der Waals surface area contributed by atoms with Crippen LogP contribution in [-0.2, 0) is 30.7 Å². The average Bonchev–Trinajstić information content (AvgIpc) is 3.79. The lowest BCUT2D eigenvalue weighted by Gasteiger charge is -2.40. The summed E-state index contributed by atoms with van der Waals surface area (Å²) in [5, 5.41) is 25.5. The van der Waals surface area contributed by atoms with Crippen molar-refractivity contribution in [1.29, 1.82) is 0 Å². The predicted octanol–water partition coefficient (Wildman–Crippen LogP) is 3.31. The number of sulfonamides is 1. The number of carbonyl (C=O) groups is 2. The number of carbonyl (C=O) groups excluding carboxylic acids is 1. The molecule has 0 spiro atoms. The molecule has 0 aliphatic carbocycles. The van der Waals surface area contributed by atoms with Crippen LogP contribution in [-0.4, -0.2) is 104 Å². The van der Waals surface area contributed by atoms with Gasteiger partial charge in [-0.05, 0) is 42.4 Å². The van der Waals surface area contributed by atoms with Crippen LogP contribution in [0.2, 0.25) is 0 Å². The van der Waals surface area contributed by atoms with Gasteiger partial charge in [-0.25, -0.2) is 13.2 Å². The van der Waals surface area contributed by atoms with Crippen molar-refractivity contribution in [2.24, 2.45) is 17.3 Å². The molecule has 13 nitrogen and oxygen atoms in total. The molecule has 2 aromatic carbocycles. The topological polar surface area (TPSA) is 164 Å². The largest absolute Gasteiger partial charge is 0.465 e. The fourth-order valence-corrected chi connectivity index (χ4v) is 8.25. The summed E-state index contributed by atoms with van der Waals surface area (Å²) in [7, 11) is -4.25. The number of nitrogens with zero attached hydrogens (tertiary/aromatic N) is 2. The summed E-state index contributed by atoms with van der Waals surface area (Å²) < 4.78 is 52.3. The summed E-state index contributed by atoms with van der Waals surface area (Å²) in [4.78, 5) is 26.4. The molecular formula is C34H47N3O10S. The summed E-state index contributed by atoms with van der Waals surface area (Å²) in [6.45, 7) is 7.83. The number of rotatable bonds is 15. The lowest BCUT2D eigenvalue weighted by atomic mass is 9.88. The summed E-state index contributed by atoms with van der Waals surface area (Å²) >= 11 is 0. The van der Waals surface area contributed by atoms with Crippen molar-refractivity contribution in [3.8, 4) is 11.5 Å². The first-order valence-corrected chi connectivity index (χ1v) is 17.8. The molecule has 3 N–H and O–H groups in total. The number of hydrogen-bond donors (Lipinski definition) is 3. The van der Waals surface area contributed by atoms with Crippen molar-refractivity contribution in [2.75, 3.05) is 39.6 Å². The van der Waals surface area contributed by atoms with E-state index in [0.29, 0.717) is 37.5 Å². The van der Waals surface area contributed by atoms with Gasteiger partial charge in [-0.15, -0.1) is 0 Å². The van der Waals surface area contributed by atoms with Crippen molar-refractivity contribution >= 4 is 22.0 Å². The molecule has 0 bridgehead atoms. The van der Waals surface area contributed by atoms with Gasteiger partial charge in [0.15, 0.2) is 17.8 Å². The van der Waals surface area contributed by atoms with Gasteiger partial charge >= 0.3 is 6.09 Å². The Bertz CT molecular complexity index is 1540. The Morgan fingerprint density at radius 3 is 2.50 bits per heavy atom. The number of carboxylic acid groups (broad SMARTS) is 1. The maximum atomic E-state index is 14.4. The molecule has 0 saturated carbocycles. The number of hydrogen-bond acceptors (Lipinski definition) is 9. The van der Waals surface area contributed by atoms with E-state index in [4.69, 9.17) is 18.9 Å². The van der Waals surface area contributed by atoms with E-state index in [1.807, 2.05) is 44.2 Å². The highest BCUT2D eigenvalue weighted by Crippen LogP contribution is 2.38. The Morgan fingerprint density at radius 1 is 1.06 bits per heavy atom. The van der Waals surface area contributed by atoms with E-state index >= 15 is 0 Å². The first-order valence-electron chi connectivity index (χ1n) is 16.4. The number of amides is 2. The first-order chi connectivity index (χ1) is 22.8. The fraction of sp³-hybridized carbons (Fsp3) is 0.588. The van der Waals surface area contributed by atoms with Crippen molar-refractivity contribution in [1.82, 2.24) is 14.5 Å². The van der Waals surface area contributed by atoms with Crippen LogP contribution in [0.3, 0.4) is 0 Å². The Balaban J connectivity index is 1.47. The summed E-state index contributed by atoms with van der Waals surface area (Å²) in [6.07, 6.45) is -1.98. The van der Waals surface area contributed by atoms with Gasteiger partial charge in [0.2, 0.25) is 22.7 Å². The average molecular weight is 690 g/mol. The third kappa shape index (κ3) is 8.23. The molecule has 0 aromatic heterocycles. The Morgan fingerprint density at radius 2 is 1.79 bits per heavy atom. The van der Waals surface area contributed by atoms with Crippen molar-refractivity contribution in [3.05, 3.63) is 54.1 Å². The summed E-state index contributed by atoms with van der Waals surface area (Å²) in [5.74, 6) is 0.214. The number of aliphatic hydroxyl groups excluding tert-OH is 1. The van der Waals surface area contributed by atoms with Crippen molar-refractivity contribution in [3.63, 3.8) is 0 Å². The smallest absolute Gasteiger partial charge is 0.407 e. The summed E-state index contributed by atoms with van der Waals surface area (Å²) in [6, 6.07) is 12.0. The number of benzene rings is 2. The SMILES string of the molecule is CC(C)C(=O)NCCC(C)(C)CN(C[C@@H](O)[C@H](Cc1ccccc1)N(C(=O)O)[C@H]1CO[C@H]2OCC[C@H]21)S(=O)(=O)c1ccc2c(c1)OCO2. The normalized spacial score (nSPS) is 21.7. The molecule has 48 heavy (non-hydrogen) atoms. The Hall–Kier alpha value is -3.43. The van der Waals surface area contributed by atoms with Gasteiger partial charge in [0, 0.05) is 37.5 Å². The van der Waals surface area contributed by atoms with Gasteiger partial charge in [0.25, 0.3) is 0 Å². The molecule has 2 saturated heterocycles. The molecule has 5 atom stereocenters. The van der Waals surface area contributed by atoms with Crippen LogP contribution in [0.1, 0.15) is 46.1 Å². The molecular weight excluding hydrogens is 642 g/mol. The molecule has 2 amide bonds. The number of fused-ring (bicyclic) bond motifs is 2. The van der Waals surface area contributed by atoms with Gasteiger partial charge in [0.1, 0.15) is 0 Å². The minimum Gasteiger partial charge on any atom is -0.465 e. The van der Waals surface area contributed by atoms with E-state index in [1.165, 1.54) is 27.4 Å². The molecule has 3 aliphatic heterocycles. The fourth-order valence-electron chi connectivity index (χ4n) is 6.58. The molecule has 3 aliphatic rings. The van der Waals surface area contributed by atoms with Crippen LogP contribution in [0.25, 0.3) is 0 Å². The second-order valence-electron chi connectivity index (χ2n) is 13.8. The molecule has 0 radical (unpaired) electrons. The van der Waals surface area contributed by atoms with Crippen LogP contribution in [0, 0.1) is 17.3 Å². The van der Waals surface area contributed by atoms with Crippen molar-refractivity contribution < 1.29 is 47.2 Å². The number of ether oxygens (including phenoxy) is 4. The van der Waals surface area contributed by atoms with Crippen LogP contribution in [0.15, 0.2) is 53.4 Å². The predicted molar refractivity (Wildman–Crippen MR) is 175 cm³/mol. The quantitative estimate of drug-likeness (QED) is 0.253. The molecule has 3 heterocycles. The Kier molecular flexibility index (Phi) is 11.2. The van der Waals surface area contributed by atoms with Gasteiger partial charge in [-0.3, -0.25) is 9.69 Å². The maximum absolute atomic E-state index is 14.4. The molecule has 0 unspecified atom stereocenters.